The number of nitrogens with one attached hydrogen (secondary N) is 1. The van der Waals surface area contributed by atoms with Crippen molar-refractivity contribution in [3.8, 4) is 17.3 Å². The predicted molar refractivity (Wildman–Crippen MR) is 123 cm³/mol. The summed E-state index contributed by atoms with van der Waals surface area (Å²) >= 11 is 9.01. The monoisotopic (exact) mass is 473 g/mol. The molecule has 0 atom stereocenters. The van der Waals surface area contributed by atoms with E-state index in [-0.39, 0.29) is 5.91 Å². The van der Waals surface area contributed by atoms with Crippen LogP contribution in [0.15, 0.2) is 57.6 Å². The van der Waals surface area contributed by atoms with Gasteiger partial charge in [0.05, 0.1) is 12.0 Å². The van der Waals surface area contributed by atoms with Gasteiger partial charge >= 0.3 is 0 Å². The van der Waals surface area contributed by atoms with E-state index in [1.165, 1.54) is 23.1 Å². The van der Waals surface area contributed by atoms with E-state index in [0.29, 0.717) is 39.8 Å². The molecule has 3 aromatic heterocycles. The third-order valence-corrected chi connectivity index (χ3v) is 6.61. The van der Waals surface area contributed by atoms with Crippen molar-refractivity contribution in [3.05, 3.63) is 63.8 Å². The molecule has 1 aromatic carbocycles. The highest BCUT2D eigenvalue weighted by Crippen LogP contribution is 2.31. The summed E-state index contributed by atoms with van der Waals surface area (Å²) in [7, 11) is 0. The molecule has 4 aromatic rings. The summed E-state index contributed by atoms with van der Waals surface area (Å²) in [5, 5.41) is 15.6. The molecule has 0 fully saturated rings. The van der Waals surface area contributed by atoms with Crippen LogP contribution in [0.1, 0.15) is 35.3 Å². The van der Waals surface area contributed by atoms with Gasteiger partial charge in [-0.2, -0.15) is 0 Å². The number of benzene rings is 1. The summed E-state index contributed by atoms with van der Waals surface area (Å²) < 4.78 is 7.46. The Morgan fingerprint density at radius 3 is 2.84 bits per heavy atom. The molecule has 0 aliphatic carbocycles. The van der Waals surface area contributed by atoms with Gasteiger partial charge < -0.3 is 9.73 Å². The fraction of sp³-hybridized carbons (Fsp3) is 0.238. The number of carbonyl (C=O) groups excluding carboxylic acids is 1. The maximum Gasteiger partial charge on any atom is 0.270 e. The van der Waals surface area contributed by atoms with E-state index in [0.717, 1.165) is 23.5 Å². The van der Waals surface area contributed by atoms with Gasteiger partial charge in [0, 0.05) is 22.6 Å². The maximum absolute atomic E-state index is 12.2. The molecule has 7 nitrogen and oxygen atoms in total. The minimum Gasteiger partial charge on any atom is -0.461 e. The second kappa shape index (κ2) is 10.1. The molecule has 1 N–H and O–H groups in total. The van der Waals surface area contributed by atoms with E-state index in [4.69, 9.17) is 16.0 Å². The van der Waals surface area contributed by atoms with Crippen LogP contribution in [0.2, 0.25) is 5.02 Å². The Morgan fingerprint density at radius 1 is 1.26 bits per heavy atom. The van der Waals surface area contributed by atoms with Crippen LogP contribution < -0.4 is 5.32 Å². The molecule has 0 bridgehead atoms. The average molecular weight is 474 g/mol. The number of thioether (sulfide) groups is 1. The van der Waals surface area contributed by atoms with Crippen LogP contribution in [0, 0.1) is 0 Å². The molecule has 0 saturated carbocycles. The van der Waals surface area contributed by atoms with Crippen molar-refractivity contribution in [1.29, 1.82) is 0 Å². The Kier molecular flexibility index (Phi) is 7.06. The molecule has 1 amide bonds. The van der Waals surface area contributed by atoms with Crippen molar-refractivity contribution in [2.75, 3.05) is 6.54 Å². The van der Waals surface area contributed by atoms with Gasteiger partial charge in [-0.05, 0) is 42.8 Å². The molecule has 0 saturated heterocycles. The summed E-state index contributed by atoms with van der Waals surface area (Å²) in [5.41, 5.74) is 1.32. The van der Waals surface area contributed by atoms with Crippen LogP contribution in [0.5, 0.6) is 0 Å². The second-order valence-corrected chi connectivity index (χ2v) is 8.94. The predicted octanol–water partition coefficient (Wildman–Crippen LogP) is 5.46. The fourth-order valence-corrected chi connectivity index (χ4v) is 4.70. The van der Waals surface area contributed by atoms with Crippen molar-refractivity contribution in [2.45, 2.75) is 30.7 Å². The normalized spacial score (nSPS) is 11.0. The van der Waals surface area contributed by atoms with E-state index < -0.39 is 0 Å². The Bertz CT molecular complexity index is 1140. The van der Waals surface area contributed by atoms with Gasteiger partial charge in [-0.25, -0.2) is 4.98 Å². The van der Waals surface area contributed by atoms with Gasteiger partial charge in [0.1, 0.15) is 10.7 Å². The zero-order valence-electron chi connectivity index (χ0n) is 16.7. The smallest absolute Gasteiger partial charge is 0.270 e. The van der Waals surface area contributed by atoms with Gasteiger partial charge in [-0.3, -0.25) is 9.36 Å². The molecular formula is C21H20ClN5O2S2. The lowest BCUT2D eigenvalue weighted by atomic mass is 10.3. The third-order valence-electron chi connectivity index (χ3n) is 4.38. The zero-order valence-corrected chi connectivity index (χ0v) is 19.1. The number of carbonyl (C=O) groups is 1. The van der Waals surface area contributed by atoms with E-state index in [1.807, 2.05) is 41.0 Å². The average Bonchev–Trinajstić information content (AvgIpc) is 3.53. The molecule has 3 heterocycles. The van der Waals surface area contributed by atoms with Crippen LogP contribution in [0.4, 0.5) is 0 Å². The van der Waals surface area contributed by atoms with Crippen molar-refractivity contribution in [2.24, 2.45) is 0 Å². The SMILES string of the molecule is CCCCNC(=O)c1csc(CSc2nnc(-c3ccco3)n2-c2ccc(Cl)cc2)n1. The van der Waals surface area contributed by atoms with Gasteiger partial charge in [0.15, 0.2) is 10.9 Å². The highest BCUT2D eigenvalue weighted by Gasteiger charge is 2.19. The summed E-state index contributed by atoms with van der Waals surface area (Å²) in [4.78, 5) is 16.7. The first-order chi connectivity index (χ1) is 15.2. The van der Waals surface area contributed by atoms with E-state index in [1.54, 1.807) is 11.6 Å². The summed E-state index contributed by atoms with van der Waals surface area (Å²) in [6.07, 6.45) is 3.59. The number of thiazole rings is 1. The lowest BCUT2D eigenvalue weighted by Gasteiger charge is -2.09. The molecule has 4 rings (SSSR count). The minimum atomic E-state index is -0.134. The van der Waals surface area contributed by atoms with Gasteiger partial charge in [-0.1, -0.05) is 36.7 Å². The number of halogens is 1. The summed E-state index contributed by atoms with van der Waals surface area (Å²) in [6, 6.07) is 11.1. The highest BCUT2D eigenvalue weighted by molar-refractivity contribution is 7.98. The first-order valence-corrected chi connectivity index (χ1v) is 12.0. The Balaban J connectivity index is 1.53. The fourth-order valence-electron chi connectivity index (χ4n) is 2.83. The summed E-state index contributed by atoms with van der Waals surface area (Å²) in [5.74, 6) is 1.65. The van der Waals surface area contributed by atoms with Crippen LogP contribution >= 0.6 is 34.7 Å². The largest absolute Gasteiger partial charge is 0.461 e. The van der Waals surface area contributed by atoms with Crippen LogP contribution in [-0.2, 0) is 5.75 Å². The Hall–Kier alpha value is -2.62. The molecular weight excluding hydrogens is 454 g/mol. The van der Waals surface area contributed by atoms with Crippen LogP contribution in [0.25, 0.3) is 17.3 Å². The second-order valence-electron chi connectivity index (χ2n) is 6.62. The van der Waals surface area contributed by atoms with Gasteiger partial charge in [-0.15, -0.1) is 21.5 Å². The van der Waals surface area contributed by atoms with Gasteiger partial charge in [0.25, 0.3) is 5.91 Å². The number of nitrogens with zero attached hydrogens (tertiary/aromatic N) is 4. The zero-order chi connectivity index (χ0) is 21.6. The van der Waals surface area contributed by atoms with E-state index >= 15 is 0 Å². The molecule has 160 valence electrons. The van der Waals surface area contributed by atoms with Crippen molar-refractivity contribution < 1.29 is 9.21 Å². The Morgan fingerprint density at radius 2 is 2.10 bits per heavy atom. The molecule has 0 spiro atoms. The molecule has 31 heavy (non-hydrogen) atoms. The molecule has 0 aliphatic heterocycles. The van der Waals surface area contributed by atoms with E-state index in [2.05, 4.69) is 27.4 Å². The lowest BCUT2D eigenvalue weighted by molar-refractivity contribution is 0.0948. The van der Waals surface area contributed by atoms with Crippen LogP contribution in [-0.4, -0.2) is 32.2 Å². The standard InChI is InChI=1S/C21H20ClN5O2S2/c1-2-3-10-23-20(28)16-12-30-18(24-16)13-31-21-26-25-19(17-5-4-11-29-17)27(21)15-8-6-14(22)7-9-15/h4-9,11-12H,2-3,10,13H2,1H3,(H,23,28). The van der Waals surface area contributed by atoms with Crippen molar-refractivity contribution >= 4 is 40.6 Å². The first kappa shape index (κ1) is 21.6. The first-order valence-electron chi connectivity index (χ1n) is 9.76. The van der Waals surface area contributed by atoms with Gasteiger partial charge in [0.2, 0.25) is 5.82 Å². The highest BCUT2D eigenvalue weighted by atomic mass is 35.5. The number of unbranched alkanes of at least 4 members (excludes halogenated alkanes) is 1. The van der Waals surface area contributed by atoms with Crippen molar-refractivity contribution in [3.63, 3.8) is 0 Å². The minimum absolute atomic E-state index is 0.134. The molecule has 10 heteroatoms. The number of amides is 1. The number of aromatic nitrogens is 4. The molecule has 0 aliphatic rings. The molecule has 0 unspecified atom stereocenters. The molecule has 0 radical (unpaired) electrons. The quantitative estimate of drug-likeness (QED) is 0.256. The summed E-state index contributed by atoms with van der Waals surface area (Å²) in [6.45, 7) is 2.75. The Labute approximate surface area is 192 Å². The number of hydrogen-bond donors (Lipinski definition) is 1. The van der Waals surface area contributed by atoms with Crippen molar-refractivity contribution in [1.82, 2.24) is 25.1 Å². The number of furan rings is 1. The van der Waals surface area contributed by atoms with Crippen LogP contribution in [0.3, 0.4) is 0 Å². The number of hydrogen-bond acceptors (Lipinski definition) is 7. The van der Waals surface area contributed by atoms with E-state index in [9.17, 15) is 4.79 Å². The number of rotatable bonds is 9. The topological polar surface area (TPSA) is 85.8 Å². The maximum atomic E-state index is 12.2. The third kappa shape index (κ3) is 5.17. The lowest BCUT2D eigenvalue weighted by Crippen LogP contribution is -2.24.